The molecule has 0 bridgehead atoms. The Balaban J connectivity index is 1.42. The molecule has 25 heavy (non-hydrogen) atoms. The van der Waals surface area contributed by atoms with Gasteiger partial charge in [-0.25, -0.2) is 0 Å². The molecule has 0 aliphatic carbocycles. The normalized spacial score (nSPS) is 16.3. The molecule has 6 nitrogen and oxygen atoms in total. The van der Waals surface area contributed by atoms with Crippen LogP contribution >= 0.6 is 0 Å². The van der Waals surface area contributed by atoms with Crippen molar-refractivity contribution in [1.82, 2.24) is 25.4 Å². The van der Waals surface area contributed by atoms with E-state index in [0.29, 0.717) is 0 Å². The van der Waals surface area contributed by atoms with E-state index >= 15 is 0 Å². The summed E-state index contributed by atoms with van der Waals surface area (Å²) >= 11 is 0. The minimum atomic E-state index is 0.284. The molecule has 6 heteroatoms. The minimum absolute atomic E-state index is 0.284. The molecule has 0 saturated carbocycles. The van der Waals surface area contributed by atoms with E-state index in [4.69, 9.17) is 4.42 Å². The molecule has 1 aliphatic heterocycles. The maximum Gasteiger partial charge on any atom is 0.122 e. The summed E-state index contributed by atoms with van der Waals surface area (Å²) in [5.41, 5.74) is 3.22. The first kappa shape index (κ1) is 16.1. The van der Waals surface area contributed by atoms with E-state index < -0.39 is 0 Å². The van der Waals surface area contributed by atoms with Gasteiger partial charge in [0.25, 0.3) is 0 Å². The predicted octanol–water partition coefficient (Wildman–Crippen LogP) is 2.99. The second-order valence-corrected chi connectivity index (χ2v) is 6.42. The zero-order valence-corrected chi connectivity index (χ0v) is 14.2. The van der Waals surface area contributed by atoms with Gasteiger partial charge >= 0.3 is 0 Å². The number of aromatic amines is 1. The molecule has 3 aromatic heterocycles. The molecule has 1 saturated heterocycles. The van der Waals surface area contributed by atoms with Crippen molar-refractivity contribution in [3.63, 3.8) is 0 Å². The number of nitrogens with zero attached hydrogens (tertiary/aromatic N) is 3. The largest absolute Gasteiger partial charge is 0.468 e. The van der Waals surface area contributed by atoms with Crippen LogP contribution in [0.15, 0.2) is 53.5 Å². The monoisotopic (exact) mass is 337 g/mol. The van der Waals surface area contributed by atoms with Crippen LogP contribution < -0.4 is 5.32 Å². The molecule has 1 atom stereocenters. The van der Waals surface area contributed by atoms with Gasteiger partial charge in [-0.1, -0.05) is 0 Å². The fourth-order valence-corrected chi connectivity index (χ4v) is 3.49. The summed E-state index contributed by atoms with van der Waals surface area (Å²) < 4.78 is 5.68. The van der Waals surface area contributed by atoms with E-state index in [1.54, 1.807) is 12.5 Å². The zero-order valence-electron chi connectivity index (χ0n) is 14.2. The van der Waals surface area contributed by atoms with Gasteiger partial charge in [-0.05, 0) is 50.2 Å². The molecule has 4 heterocycles. The van der Waals surface area contributed by atoms with Gasteiger partial charge in [0.1, 0.15) is 5.76 Å². The first-order chi connectivity index (χ1) is 12.4. The van der Waals surface area contributed by atoms with Crippen LogP contribution in [0.5, 0.6) is 0 Å². The Bertz CT molecular complexity index is 762. The number of rotatable bonds is 7. The summed E-state index contributed by atoms with van der Waals surface area (Å²) in [4.78, 5) is 6.69. The Morgan fingerprint density at radius 2 is 2.12 bits per heavy atom. The van der Waals surface area contributed by atoms with Gasteiger partial charge in [0.05, 0.1) is 24.2 Å². The van der Waals surface area contributed by atoms with Crippen molar-refractivity contribution >= 4 is 0 Å². The summed E-state index contributed by atoms with van der Waals surface area (Å²) in [6, 6.07) is 8.30. The molecule has 2 N–H and O–H groups in total. The molecule has 130 valence electrons. The van der Waals surface area contributed by atoms with Gasteiger partial charge in [-0.2, -0.15) is 5.10 Å². The number of nitrogens with one attached hydrogen (secondary N) is 2. The third-order valence-corrected chi connectivity index (χ3v) is 4.77. The lowest BCUT2D eigenvalue weighted by molar-refractivity contribution is 0.209. The van der Waals surface area contributed by atoms with Crippen molar-refractivity contribution in [2.75, 3.05) is 19.6 Å². The maximum atomic E-state index is 5.68. The Hall–Kier alpha value is -2.44. The smallest absolute Gasteiger partial charge is 0.122 e. The van der Waals surface area contributed by atoms with Gasteiger partial charge < -0.3 is 9.73 Å². The molecule has 1 fully saturated rings. The Kier molecular flexibility index (Phi) is 4.90. The summed E-state index contributed by atoms with van der Waals surface area (Å²) in [7, 11) is 0. The van der Waals surface area contributed by atoms with Crippen molar-refractivity contribution in [3.05, 3.63) is 60.4 Å². The SMILES string of the molecule is c1cncc(-c2[nH]ncc2CNCC(c2ccco2)N2CCCC2)c1. The van der Waals surface area contributed by atoms with E-state index in [9.17, 15) is 0 Å². The summed E-state index contributed by atoms with van der Waals surface area (Å²) in [5.74, 6) is 1.04. The van der Waals surface area contributed by atoms with E-state index in [1.165, 1.54) is 12.8 Å². The van der Waals surface area contributed by atoms with E-state index in [0.717, 1.165) is 48.8 Å². The number of likely N-dealkylation sites (tertiary alicyclic amines) is 1. The lowest BCUT2D eigenvalue weighted by Gasteiger charge is -2.26. The zero-order chi connectivity index (χ0) is 16.9. The molecular weight excluding hydrogens is 314 g/mol. The van der Waals surface area contributed by atoms with Crippen molar-refractivity contribution in [3.8, 4) is 11.3 Å². The highest BCUT2D eigenvalue weighted by molar-refractivity contribution is 5.61. The lowest BCUT2D eigenvalue weighted by Crippen LogP contribution is -2.33. The Labute approximate surface area is 147 Å². The standard InChI is InChI=1S/C19H23N5O/c1-2-9-24(8-1)17(18-6-4-10-25-18)14-21-12-16-13-22-23-19(16)15-5-3-7-20-11-15/h3-7,10-11,13,17,21H,1-2,8-9,12,14H2,(H,22,23). The highest BCUT2D eigenvalue weighted by Gasteiger charge is 2.25. The number of furan rings is 1. The highest BCUT2D eigenvalue weighted by atomic mass is 16.3. The summed E-state index contributed by atoms with van der Waals surface area (Å²) in [6.07, 6.45) is 9.81. The average Bonchev–Trinajstić information content (AvgIpc) is 3.42. The summed E-state index contributed by atoms with van der Waals surface area (Å²) in [5, 5.41) is 10.9. The van der Waals surface area contributed by atoms with Crippen molar-refractivity contribution in [2.24, 2.45) is 0 Å². The van der Waals surface area contributed by atoms with Gasteiger partial charge in [0.15, 0.2) is 0 Å². The van der Waals surface area contributed by atoms with Crippen molar-refractivity contribution < 1.29 is 4.42 Å². The molecular formula is C19H23N5O. The van der Waals surface area contributed by atoms with Crippen molar-refractivity contribution in [2.45, 2.75) is 25.4 Å². The molecule has 0 amide bonds. The number of aromatic nitrogens is 3. The topological polar surface area (TPSA) is 70.0 Å². The average molecular weight is 337 g/mol. The first-order valence-electron chi connectivity index (χ1n) is 8.82. The fraction of sp³-hybridized carbons (Fsp3) is 0.368. The molecule has 0 spiro atoms. The predicted molar refractivity (Wildman–Crippen MR) is 95.8 cm³/mol. The number of hydrogen-bond donors (Lipinski definition) is 2. The number of H-pyrrole nitrogens is 1. The van der Waals surface area contributed by atoms with E-state index in [-0.39, 0.29) is 6.04 Å². The van der Waals surface area contributed by atoms with Crippen LogP contribution in [0.25, 0.3) is 11.3 Å². The minimum Gasteiger partial charge on any atom is -0.468 e. The van der Waals surface area contributed by atoms with Crippen LogP contribution in [-0.4, -0.2) is 39.7 Å². The third-order valence-electron chi connectivity index (χ3n) is 4.77. The molecule has 1 unspecified atom stereocenters. The Morgan fingerprint density at radius 3 is 2.88 bits per heavy atom. The summed E-state index contributed by atoms with van der Waals surface area (Å²) in [6.45, 7) is 3.89. The quantitative estimate of drug-likeness (QED) is 0.693. The van der Waals surface area contributed by atoms with Crippen LogP contribution in [0.3, 0.4) is 0 Å². The van der Waals surface area contributed by atoms with Gasteiger partial charge in [-0.3, -0.25) is 15.0 Å². The Morgan fingerprint density at radius 1 is 1.20 bits per heavy atom. The number of pyridine rings is 1. The molecule has 4 rings (SSSR count). The molecule has 0 radical (unpaired) electrons. The van der Waals surface area contributed by atoms with Crippen LogP contribution in [0, 0.1) is 0 Å². The van der Waals surface area contributed by atoms with E-state index in [1.807, 2.05) is 30.6 Å². The maximum absolute atomic E-state index is 5.68. The lowest BCUT2D eigenvalue weighted by atomic mass is 10.1. The third kappa shape index (κ3) is 3.65. The second-order valence-electron chi connectivity index (χ2n) is 6.42. The molecule has 1 aliphatic rings. The van der Waals surface area contributed by atoms with Gasteiger partial charge in [0.2, 0.25) is 0 Å². The molecule has 3 aromatic rings. The fourth-order valence-electron chi connectivity index (χ4n) is 3.49. The highest BCUT2D eigenvalue weighted by Crippen LogP contribution is 2.25. The van der Waals surface area contributed by atoms with Crippen LogP contribution in [0.2, 0.25) is 0 Å². The second kappa shape index (κ2) is 7.63. The van der Waals surface area contributed by atoms with Gasteiger partial charge in [-0.15, -0.1) is 0 Å². The number of hydrogen-bond acceptors (Lipinski definition) is 5. The van der Waals surface area contributed by atoms with Gasteiger partial charge in [0, 0.05) is 36.6 Å². The van der Waals surface area contributed by atoms with Crippen LogP contribution in [0.1, 0.15) is 30.2 Å². The first-order valence-corrected chi connectivity index (χ1v) is 8.82. The van der Waals surface area contributed by atoms with E-state index in [2.05, 4.69) is 31.5 Å². The molecule has 0 aromatic carbocycles. The van der Waals surface area contributed by atoms with Crippen LogP contribution in [-0.2, 0) is 6.54 Å². The van der Waals surface area contributed by atoms with Crippen LogP contribution in [0.4, 0.5) is 0 Å². The van der Waals surface area contributed by atoms with Crippen molar-refractivity contribution in [1.29, 1.82) is 0 Å².